The van der Waals surface area contributed by atoms with E-state index in [2.05, 4.69) is 20.3 Å². The number of anilines is 2. The highest BCUT2D eigenvalue weighted by Crippen LogP contribution is 2.31. The average molecular weight is 422 g/mol. The number of nitrogens with two attached hydrogens (primary N) is 1. The second-order valence-corrected chi connectivity index (χ2v) is 7.06. The molecule has 30 heavy (non-hydrogen) atoms. The number of primary amides is 1. The zero-order valence-corrected chi connectivity index (χ0v) is 15.6. The molecule has 3 aromatic rings. The van der Waals surface area contributed by atoms with E-state index >= 15 is 0 Å². The van der Waals surface area contributed by atoms with Crippen LogP contribution >= 0.6 is 0 Å². The van der Waals surface area contributed by atoms with E-state index < -0.39 is 29.9 Å². The fraction of sp³-hybridized carbons (Fsp3) is 0.316. The lowest BCUT2D eigenvalue weighted by atomic mass is 10.0. The minimum absolute atomic E-state index is 0.0523. The van der Waals surface area contributed by atoms with Gasteiger partial charge < -0.3 is 20.9 Å². The molecule has 0 aromatic carbocycles. The van der Waals surface area contributed by atoms with Crippen molar-refractivity contribution in [2.75, 3.05) is 23.3 Å². The standard InChI is InChI=1S/C19H18F4N6O/c20-13-9-29(15-2-1-10(7-26-15)19(21,22)23)6-4-14(13)28-16-11-3-5-25-18(11)27-8-12(16)17(24)30/h1-3,5,7-8,13-14H,4,6,9H2,(H2,24,30)(H2,25,27,28). The van der Waals surface area contributed by atoms with E-state index in [1.807, 2.05) is 0 Å². The largest absolute Gasteiger partial charge is 0.417 e. The molecule has 4 heterocycles. The lowest BCUT2D eigenvalue weighted by Gasteiger charge is -2.36. The Labute approximate surface area is 168 Å². The van der Waals surface area contributed by atoms with Crippen LogP contribution in [0.2, 0.25) is 0 Å². The molecule has 7 nitrogen and oxygen atoms in total. The molecule has 0 saturated carbocycles. The molecule has 1 saturated heterocycles. The van der Waals surface area contributed by atoms with Crippen LogP contribution in [0.15, 0.2) is 36.8 Å². The Morgan fingerprint density at radius 2 is 2.03 bits per heavy atom. The van der Waals surface area contributed by atoms with Crippen LogP contribution in [-0.2, 0) is 6.18 Å². The van der Waals surface area contributed by atoms with E-state index in [9.17, 15) is 22.4 Å². The normalized spacial score (nSPS) is 19.8. The summed E-state index contributed by atoms with van der Waals surface area (Å²) in [6.07, 6.45) is -1.76. The Hall–Kier alpha value is -3.37. The number of H-pyrrole nitrogens is 1. The minimum atomic E-state index is -4.47. The maximum atomic E-state index is 14.9. The maximum Gasteiger partial charge on any atom is 0.417 e. The van der Waals surface area contributed by atoms with Crippen LogP contribution in [0.25, 0.3) is 11.0 Å². The molecule has 4 N–H and O–H groups in total. The van der Waals surface area contributed by atoms with Gasteiger partial charge in [0.05, 0.1) is 29.4 Å². The first-order valence-electron chi connectivity index (χ1n) is 9.18. The number of carbonyl (C=O) groups is 1. The third-order valence-electron chi connectivity index (χ3n) is 5.12. The molecule has 2 unspecified atom stereocenters. The quantitative estimate of drug-likeness (QED) is 0.561. The molecule has 3 aromatic heterocycles. The summed E-state index contributed by atoms with van der Waals surface area (Å²) in [7, 11) is 0. The monoisotopic (exact) mass is 422 g/mol. The summed E-state index contributed by atoms with van der Waals surface area (Å²) in [6.45, 7) is 0.326. The molecule has 0 spiro atoms. The number of hydrogen-bond donors (Lipinski definition) is 3. The SMILES string of the molecule is NC(=O)c1cnc2[nH]ccc2c1NC1CCN(c2ccc(C(F)(F)F)cn2)CC1F. The van der Waals surface area contributed by atoms with Crippen LogP contribution in [0.5, 0.6) is 0 Å². The van der Waals surface area contributed by atoms with Crippen molar-refractivity contribution in [3.05, 3.63) is 47.9 Å². The Morgan fingerprint density at radius 1 is 1.23 bits per heavy atom. The van der Waals surface area contributed by atoms with Gasteiger partial charge in [-0.25, -0.2) is 14.4 Å². The Kier molecular flexibility index (Phi) is 4.96. The summed E-state index contributed by atoms with van der Waals surface area (Å²) in [6, 6.07) is 3.26. The van der Waals surface area contributed by atoms with Gasteiger partial charge in [-0.1, -0.05) is 0 Å². The summed E-state index contributed by atoms with van der Waals surface area (Å²) in [4.78, 5) is 24.3. The Bertz CT molecular complexity index is 1070. The molecule has 4 rings (SSSR count). The number of piperidine rings is 1. The van der Waals surface area contributed by atoms with Crippen molar-refractivity contribution in [1.82, 2.24) is 15.0 Å². The van der Waals surface area contributed by atoms with Gasteiger partial charge in [-0.05, 0) is 24.6 Å². The first kappa shape index (κ1) is 19.9. The zero-order valence-electron chi connectivity index (χ0n) is 15.6. The van der Waals surface area contributed by atoms with Gasteiger partial charge in [-0.2, -0.15) is 13.2 Å². The van der Waals surface area contributed by atoms with Crippen LogP contribution in [0.1, 0.15) is 22.3 Å². The van der Waals surface area contributed by atoms with Crippen molar-refractivity contribution in [3.63, 3.8) is 0 Å². The molecule has 1 aliphatic rings. The summed E-state index contributed by atoms with van der Waals surface area (Å²) in [5.41, 5.74) is 5.67. The number of fused-ring (bicyclic) bond motifs is 1. The van der Waals surface area contributed by atoms with Gasteiger partial charge in [0.2, 0.25) is 0 Å². The maximum absolute atomic E-state index is 14.9. The molecule has 0 aliphatic carbocycles. The number of halogens is 4. The van der Waals surface area contributed by atoms with E-state index in [1.54, 1.807) is 17.2 Å². The summed E-state index contributed by atoms with van der Waals surface area (Å²) in [5, 5.41) is 3.70. The molecule has 0 radical (unpaired) electrons. The fourth-order valence-corrected chi connectivity index (χ4v) is 3.55. The first-order chi connectivity index (χ1) is 14.2. The molecule has 1 aliphatic heterocycles. The van der Waals surface area contributed by atoms with Crippen molar-refractivity contribution in [2.24, 2.45) is 5.73 Å². The number of nitrogens with one attached hydrogen (secondary N) is 2. The number of alkyl halides is 4. The number of hydrogen-bond acceptors (Lipinski definition) is 5. The summed E-state index contributed by atoms with van der Waals surface area (Å²) < 4.78 is 53.0. The highest BCUT2D eigenvalue weighted by molar-refractivity contribution is 6.06. The molecular formula is C19H18F4N6O. The molecule has 11 heteroatoms. The number of pyridine rings is 2. The number of amides is 1. The van der Waals surface area contributed by atoms with Crippen molar-refractivity contribution in [3.8, 4) is 0 Å². The molecule has 2 atom stereocenters. The number of nitrogens with zero attached hydrogens (tertiary/aromatic N) is 3. The van der Waals surface area contributed by atoms with Crippen molar-refractivity contribution >= 4 is 28.4 Å². The van der Waals surface area contributed by atoms with Crippen molar-refractivity contribution in [1.29, 1.82) is 0 Å². The van der Waals surface area contributed by atoms with Gasteiger partial charge in [-0.3, -0.25) is 4.79 Å². The van der Waals surface area contributed by atoms with Crippen LogP contribution in [0.4, 0.5) is 29.1 Å². The average Bonchev–Trinajstić information content (AvgIpc) is 3.18. The van der Waals surface area contributed by atoms with Crippen LogP contribution in [-0.4, -0.2) is 46.2 Å². The molecule has 0 bridgehead atoms. The number of carbonyl (C=O) groups excluding carboxylic acids is 1. The van der Waals surface area contributed by atoms with Crippen LogP contribution < -0.4 is 16.0 Å². The van der Waals surface area contributed by atoms with E-state index in [1.165, 1.54) is 12.3 Å². The van der Waals surface area contributed by atoms with Crippen LogP contribution in [0.3, 0.4) is 0 Å². The highest BCUT2D eigenvalue weighted by Gasteiger charge is 2.33. The zero-order chi connectivity index (χ0) is 21.5. The lowest BCUT2D eigenvalue weighted by Crippen LogP contribution is -2.48. The Balaban J connectivity index is 1.51. The van der Waals surface area contributed by atoms with E-state index in [-0.39, 0.29) is 17.9 Å². The van der Waals surface area contributed by atoms with Gasteiger partial charge in [-0.15, -0.1) is 0 Å². The molecule has 1 amide bonds. The van der Waals surface area contributed by atoms with E-state index in [4.69, 9.17) is 5.73 Å². The van der Waals surface area contributed by atoms with Gasteiger partial charge in [0.15, 0.2) is 0 Å². The number of aromatic amines is 1. The summed E-state index contributed by atoms with van der Waals surface area (Å²) in [5.74, 6) is -0.409. The van der Waals surface area contributed by atoms with E-state index in [0.717, 1.165) is 12.3 Å². The fourth-order valence-electron chi connectivity index (χ4n) is 3.55. The number of rotatable bonds is 4. The minimum Gasteiger partial charge on any atom is -0.378 e. The van der Waals surface area contributed by atoms with Crippen molar-refractivity contribution in [2.45, 2.75) is 24.8 Å². The third-order valence-corrected chi connectivity index (χ3v) is 5.12. The topological polar surface area (TPSA) is 99.9 Å². The smallest absolute Gasteiger partial charge is 0.378 e. The van der Waals surface area contributed by atoms with Gasteiger partial charge in [0, 0.05) is 30.5 Å². The van der Waals surface area contributed by atoms with E-state index in [0.29, 0.717) is 29.7 Å². The molecule has 1 fully saturated rings. The predicted octanol–water partition coefficient (Wildman–Crippen LogP) is 3.10. The molecular weight excluding hydrogens is 404 g/mol. The predicted molar refractivity (Wildman–Crippen MR) is 103 cm³/mol. The van der Waals surface area contributed by atoms with Crippen LogP contribution in [0, 0.1) is 0 Å². The lowest BCUT2D eigenvalue weighted by molar-refractivity contribution is -0.137. The summed E-state index contributed by atoms with van der Waals surface area (Å²) >= 11 is 0. The molecule has 158 valence electrons. The van der Waals surface area contributed by atoms with Crippen molar-refractivity contribution < 1.29 is 22.4 Å². The second kappa shape index (κ2) is 7.47. The first-order valence-corrected chi connectivity index (χ1v) is 9.18. The third kappa shape index (κ3) is 3.74. The highest BCUT2D eigenvalue weighted by atomic mass is 19.4. The Morgan fingerprint density at radius 3 is 2.67 bits per heavy atom. The van der Waals surface area contributed by atoms with Gasteiger partial charge in [0.25, 0.3) is 5.91 Å². The second-order valence-electron chi connectivity index (χ2n) is 7.06. The van der Waals surface area contributed by atoms with Gasteiger partial charge in [0.1, 0.15) is 17.6 Å². The number of aromatic nitrogens is 3. The van der Waals surface area contributed by atoms with Gasteiger partial charge >= 0.3 is 6.18 Å².